The van der Waals surface area contributed by atoms with E-state index in [1.54, 1.807) is 12.4 Å². The molecule has 18 heavy (non-hydrogen) atoms. The SMILES string of the molecule is Clc1cc(-c2ccccn2)n(-c2ccccn2)c1. The fraction of sp³-hybridized carbons (Fsp3) is 0. The highest BCUT2D eigenvalue weighted by Gasteiger charge is 2.09. The number of halogens is 1. The number of nitrogens with zero attached hydrogens (tertiary/aromatic N) is 3. The molecule has 0 radical (unpaired) electrons. The van der Waals surface area contributed by atoms with Crippen LogP contribution in [0, 0.1) is 0 Å². The van der Waals surface area contributed by atoms with Crippen LogP contribution in [0.15, 0.2) is 61.1 Å². The number of pyridine rings is 2. The van der Waals surface area contributed by atoms with Crippen LogP contribution < -0.4 is 0 Å². The molecule has 0 unspecified atom stereocenters. The van der Waals surface area contributed by atoms with E-state index in [2.05, 4.69) is 9.97 Å². The van der Waals surface area contributed by atoms with E-state index in [9.17, 15) is 0 Å². The minimum atomic E-state index is 0.668. The number of hydrogen-bond donors (Lipinski definition) is 0. The number of rotatable bonds is 2. The molecule has 0 saturated heterocycles. The molecular weight excluding hydrogens is 246 g/mol. The van der Waals surface area contributed by atoms with E-state index in [1.165, 1.54) is 0 Å². The van der Waals surface area contributed by atoms with Gasteiger partial charge in [0.25, 0.3) is 0 Å². The Morgan fingerprint density at radius 2 is 1.72 bits per heavy atom. The molecule has 4 heteroatoms. The lowest BCUT2D eigenvalue weighted by Crippen LogP contribution is -1.98. The highest BCUT2D eigenvalue weighted by atomic mass is 35.5. The van der Waals surface area contributed by atoms with Crippen LogP contribution in [-0.4, -0.2) is 14.5 Å². The molecule has 0 aliphatic heterocycles. The van der Waals surface area contributed by atoms with E-state index < -0.39 is 0 Å². The summed E-state index contributed by atoms with van der Waals surface area (Å²) in [6.07, 6.45) is 5.36. The van der Waals surface area contributed by atoms with Crippen molar-refractivity contribution < 1.29 is 0 Å². The van der Waals surface area contributed by atoms with Gasteiger partial charge in [-0.25, -0.2) is 4.98 Å². The second-order valence-electron chi connectivity index (χ2n) is 3.82. The quantitative estimate of drug-likeness (QED) is 0.701. The van der Waals surface area contributed by atoms with Crippen molar-refractivity contribution in [1.82, 2.24) is 14.5 Å². The molecule has 0 aliphatic carbocycles. The monoisotopic (exact) mass is 255 g/mol. The van der Waals surface area contributed by atoms with Gasteiger partial charge >= 0.3 is 0 Å². The second-order valence-corrected chi connectivity index (χ2v) is 4.25. The molecule has 0 amide bonds. The highest BCUT2D eigenvalue weighted by Crippen LogP contribution is 2.25. The van der Waals surface area contributed by atoms with Crippen LogP contribution in [0.1, 0.15) is 0 Å². The summed E-state index contributed by atoms with van der Waals surface area (Å²) in [6, 6.07) is 13.4. The standard InChI is InChI=1S/C14H10ClN3/c15-11-9-13(12-5-1-3-7-16-12)18(10-11)14-6-2-4-8-17-14/h1-10H. The first-order valence-electron chi connectivity index (χ1n) is 5.55. The topological polar surface area (TPSA) is 30.7 Å². The molecule has 88 valence electrons. The Balaban J connectivity index is 2.17. The van der Waals surface area contributed by atoms with E-state index in [0.717, 1.165) is 17.2 Å². The van der Waals surface area contributed by atoms with Gasteiger partial charge in [-0.15, -0.1) is 0 Å². The molecule has 3 nitrogen and oxygen atoms in total. The largest absolute Gasteiger partial charge is 0.298 e. The molecule has 3 rings (SSSR count). The van der Waals surface area contributed by atoms with Crippen LogP contribution in [0.25, 0.3) is 17.2 Å². The van der Waals surface area contributed by atoms with Crippen LogP contribution in [0.5, 0.6) is 0 Å². The van der Waals surface area contributed by atoms with E-state index in [0.29, 0.717) is 5.02 Å². The van der Waals surface area contributed by atoms with Crippen molar-refractivity contribution in [2.24, 2.45) is 0 Å². The molecule has 0 bridgehead atoms. The third kappa shape index (κ3) is 2.00. The molecule has 0 fully saturated rings. The molecule has 3 heterocycles. The highest BCUT2D eigenvalue weighted by molar-refractivity contribution is 6.30. The van der Waals surface area contributed by atoms with Crippen LogP contribution in [0.2, 0.25) is 5.02 Å². The average Bonchev–Trinajstić information content (AvgIpc) is 2.83. The summed E-state index contributed by atoms with van der Waals surface area (Å²) in [7, 11) is 0. The van der Waals surface area contributed by atoms with Gasteiger partial charge in [0.2, 0.25) is 0 Å². The van der Waals surface area contributed by atoms with Crippen molar-refractivity contribution in [3.63, 3.8) is 0 Å². The maximum Gasteiger partial charge on any atom is 0.137 e. The number of hydrogen-bond acceptors (Lipinski definition) is 2. The summed E-state index contributed by atoms with van der Waals surface area (Å²) in [6.45, 7) is 0. The first-order chi connectivity index (χ1) is 8.84. The van der Waals surface area contributed by atoms with Crippen LogP contribution in [0.4, 0.5) is 0 Å². The Morgan fingerprint density at radius 1 is 0.944 bits per heavy atom. The average molecular weight is 256 g/mol. The van der Waals surface area contributed by atoms with Crippen molar-refractivity contribution in [3.05, 3.63) is 66.1 Å². The summed E-state index contributed by atoms with van der Waals surface area (Å²) >= 11 is 6.09. The maximum absolute atomic E-state index is 6.09. The van der Waals surface area contributed by atoms with Gasteiger partial charge < -0.3 is 0 Å². The molecule has 0 spiro atoms. The lowest BCUT2D eigenvalue weighted by atomic mass is 10.2. The minimum absolute atomic E-state index is 0.668. The number of aromatic nitrogens is 3. The van der Waals surface area contributed by atoms with Crippen molar-refractivity contribution in [1.29, 1.82) is 0 Å². The van der Waals surface area contributed by atoms with E-state index in [-0.39, 0.29) is 0 Å². The molecule has 0 aliphatic rings. The first-order valence-corrected chi connectivity index (χ1v) is 5.93. The maximum atomic E-state index is 6.09. The summed E-state index contributed by atoms with van der Waals surface area (Å²) in [5, 5.41) is 0.668. The zero-order valence-electron chi connectivity index (χ0n) is 9.49. The zero-order valence-corrected chi connectivity index (χ0v) is 10.2. The third-order valence-corrected chi connectivity index (χ3v) is 2.82. The zero-order chi connectivity index (χ0) is 12.4. The van der Waals surface area contributed by atoms with Gasteiger partial charge in [0.15, 0.2) is 0 Å². The Labute approximate surface area is 110 Å². The molecule has 3 aromatic rings. The van der Waals surface area contributed by atoms with Crippen LogP contribution in [-0.2, 0) is 0 Å². The fourth-order valence-electron chi connectivity index (χ4n) is 1.83. The third-order valence-electron chi connectivity index (χ3n) is 2.61. The van der Waals surface area contributed by atoms with Gasteiger partial charge in [0.1, 0.15) is 5.82 Å². The Morgan fingerprint density at radius 3 is 2.39 bits per heavy atom. The fourth-order valence-corrected chi connectivity index (χ4v) is 2.03. The van der Waals surface area contributed by atoms with Crippen LogP contribution >= 0.6 is 11.6 Å². The van der Waals surface area contributed by atoms with E-state index in [1.807, 2.05) is 53.2 Å². The Kier molecular flexibility index (Phi) is 2.82. The van der Waals surface area contributed by atoms with Gasteiger partial charge in [0.05, 0.1) is 16.4 Å². The molecule has 0 aromatic carbocycles. The molecule has 0 N–H and O–H groups in total. The first kappa shape index (κ1) is 11.0. The van der Waals surface area contributed by atoms with E-state index >= 15 is 0 Å². The van der Waals surface area contributed by atoms with Gasteiger partial charge in [0, 0.05) is 18.6 Å². The van der Waals surface area contributed by atoms with Gasteiger partial charge in [-0.05, 0) is 30.3 Å². The van der Waals surface area contributed by atoms with E-state index in [4.69, 9.17) is 11.6 Å². The predicted molar refractivity (Wildman–Crippen MR) is 71.8 cm³/mol. The lowest BCUT2D eigenvalue weighted by Gasteiger charge is -2.06. The predicted octanol–water partition coefficient (Wildman–Crippen LogP) is 3.59. The molecule has 0 atom stereocenters. The summed E-state index contributed by atoms with van der Waals surface area (Å²) in [4.78, 5) is 8.67. The molecule has 3 aromatic heterocycles. The normalized spacial score (nSPS) is 10.5. The van der Waals surface area contributed by atoms with Crippen molar-refractivity contribution >= 4 is 11.6 Å². The van der Waals surface area contributed by atoms with Gasteiger partial charge in [-0.1, -0.05) is 23.7 Å². The Bertz CT molecular complexity index is 590. The van der Waals surface area contributed by atoms with Gasteiger partial charge in [-0.3, -0.25) is 9.55 Å². The van der Waals surface area contributed by atoms with Crippen LogP contribution in [0.3, 0.4) is 0 Å². The minimum Gasteiger partial charge on any atom is -0.298 e. The Hall–Kier alpha value is -2.13. The summed E-state index contributed by atoms with van der Waals surface area (Å²) in [5.74, 6) is 0.824. The van der Waals surface area contributed by atoms with Gasteiger partial charge in [-0.2, -0.15) is 0 Å². The van der Waals surface area contributed by atoms with Crippen molar-refractivity contribution in [3.8, 4) is 17.2 Å². The smallest absolute Gasteiger partial charge is 0.137 e. The van der Waals surface area contributed by atoms with Crippen molar-refractivity contribution in [2.75, 3.05) is 0 Å². The summed E-state index contributed by atoms with van der Waals surface area (Å²) < 4.78 is 1.94. The molecule has 0 saturated carbocycles. The summed E-state index contributed by atoms with van der Waals surface area (Å²) in [5.41, 5.74) is 1.80. The molecular formula is C14H10ClN3. The lowest BCUT2D eigenvalue weighted by molar-refractivity contribution is 1.01. The second kappa shape index (κ2) is 4.63. The van der Waals surface area contributed by atoms with Crippen molar-refractivity contribution in [2.45, 2.75) is 0 Å².